The van der Waals surface area contributed by atoms with Crippen molar-refractivity contribution in [3.63, 3.8) is 0 Å². The van der Waals surface area contributed by atoms with Gasteiger partial charge in [0.2, 0.25) is 5.88 Å². The summed E-state index contributed by atoms with van der Waals surface area (Å²) >= 11 is 6.78. The van der Waals surface area contributed by atoms with Gasteiger partial charge in [0, 0.05) is 29.2 Å². The molecule has 170 valence electrons. The van der Waals surface area contributed by atoms with Crippen LogP contribution in [-0.4, -0.2) is 34.3 Å². The van der Waals surface area contributed by atoms with Crippen molar-refractivity contribution in [2.45, 2.75) is 13.8 Å². The smallest absolute Gasteiger partial charge is 0.274 e. The van der Waals surface area contributed by atoms with E-state index in [9.17, 15) is 9.59 Å². The number of ether oxygens (including phenoxy) is 1. The quantitative estimate of drug-likeness (QED) is 0.370. The Kier molecular flexibility index (Phi) is 6.65. The van der Waals surface area contributed by atoms with Gasteiger partial charge < -0.3 is 10.1 Å². The number of amides is 1. The summed E-state index contributed by atoms with van der Waals surface area (Å²) in [5.41, 5.74) is 5.57. The zero-order valence-electron chi connectivity index (χ0n) is 18.8. The zero-order chi connectivity index (χ0) is 24.2. The average Bonchev–Trinajstić information content (AvgIpc) is 2.85. The number of hydrogen-bond donors (Lipinski definition) is 1. The first-order valence-corrected chi connectivity index (χ1v) is 10.8. The van der Waals surface area contributed by atoms with Crippen LogP contribution in [0.2, 0.25) is 5.02 Å². The maximum Gasteiger partial charge on any atom is 0.274 e. The highest BCUT2D eigenvalue weighted by atomic mass is 35.5. The number of nitrogens with one attached hydrogen (secondary N) is 1. The molecule has 4 rings (SSSR count). The molecule has 0 radical (unpaired) electrons. The van der Waals surface area contributed by atoms with Gasteiger partial charge >= 0.3 is 0 Å². The van der Waals surface area contributed by atoms with E-state index in [1.807, 2.05) is 38.1 Å². The number of aryl methyl sites for hydroxylation is 1. The fraction of sp³-hybridized carbons (Fsp3) is 0.115. The molecule has 0 saturated heterocycles. The molecule has 0 atom stereocenters. The minimum Gasteiger partial charge on any atom is -0.480 e. The molecule has 3 aromatic heterocycles. The molecule has 8 heteroatoms. The third-order valence-corrected chi connectivity index (χ3v) is 5.74. The van der Waals surface area contributed by atoms with Gasteiger partial charge in [0.1, 0.15) is 5.69 Å². The van der Waals surface area contributed by atoms with Crippen molar-refractivity contribution in [3.8, 4) is 28.4 Å². The largest absolute Gasteiger partial charge is 0.480 e. The zero-order valence-corrected chi connectivity index (χ0v) is 19.6. The van der Waals surface area contributed by atoms with Crippen LogP contribution in [0.3, 0.4) is 0 Å². The van der Waals surface area contributed by atoms with Crippen molar-refractivity contribution >= 4 is 29.5 Å². The second kappa shape index (κ2) is 9.80. The van der Waals surface area contributed by atoms with Crippen molar-refractivity contribution in [1.82, 2.24) is 15.0 Å². The Morgan fingerprint density at radius 2 is 1.85 bits per heavy atom. The Morgan fingerprint density at radius 3 is 2.56 bits per heavy atom. The van der Waals surface area contributed by atoms with E-state index in [0.717, 1.165) is 16.7 Å². The van der Waals surface area contributed by atoms with Crippen molar-refractivity contribution in [2.75, 3.05) is 12.4 Å². The van der Waals surface area contributed by atoms with E-state index in [2.05, 4.69) is 20.3 Å². The lowest BCUT2D eigenvalue weighted by molar-refractivity contribution is 0.102. The van der Waals surface area contributed by atoms with E-state index in [-0.39, 0.29) is 11.8 Å². The maximum absolute atomic E-state index is 12.7. The summed E-state index contributed by atoms with van der Waals surface area (Å²) in [6, 6.07) is 14.1. The number of anilines is 1. The normalized spacial score (nSPS) is 10.6. The summed E-state index contributed by atoms with van der Waals surface area (Å²) < 4.78 is 5.22. The summed E-state index contributed by atoms with van der Waals surface area (Å²) in [6.45, 7) is 3.80. The second-order valence-electron chi connectivity index (χ2n) is 7.59. The standard InChI is InChI=1S/C26H21ClN4O3/c1-15-7-9-22(29-13-15)25(33)30-20-6-4-5-18(16(20)2)24-23(27)19(11-12-28-24)21-10-8-17(14-32)26(31-21)34-3/h4-14H,1-3H3,(H,30,33). The molecule has 1 N–H and O–H groups in total. The Morgan fingerprint density at radius 1 is 1.03 bits per heavy atom. The van der Waals surface area contributed by atoms with Crippen LogP contribution in [0.25, 0.3) is 22.5 Å². The molecular formula is C26H21ClN4O3. The van der Waals surface area contributed by atoms with Crippen molar-refractivity contribution in [3.05, 3.63) is 88.3 Å². The van der Waals surface area contributed by atoms with Crippen LogP contribution in [-0.2, 0) is 0 Å². The number of carbonyl (C=O) groups is 2. The number of methoxy groups -OCH3 is 1. The van der Waals surface area contributed by atoms with Crippen LogP contribution >= 0.6 is 11.6 Å². The molecule has 7 nitrogen and oxygen atoms in total. The second-order valence-corrected chi connectivity index (χ2v) is 7.96. The van der Waals surface area contributed by atoms with Crippen LogP contribution in [0.15, 0.2) is 60.9 Å². The van der Waals surface area contributed by atoms with Crippen LogP contribution in [0.5, 0.6) is 5.88 Å². The molecule has 0 aliphatic rings. The van der Waals surface area contributed by atoms with Crippen LogP contribution in [0.1, 0.15) is 32.0 Å². The van der Waals surface area contributed by atoms with Gasteiger partial charge in [-0.1, -0.05) is 29.8 Å². The molecule has 1 aromatic carbocycles. The summed E-state index contributed by atoms with van der Waals surface area (Å²) in [7, 11) is 1.45. The van der Waals surface area contributed by atoms with Crippen LogP contribution in [0.4, 0.5) is 5.69 Å². The van der Waals surface area contributed by atoms with E-state index in [1.54, 1.807) is 36.7 Å². The number of benzene rings is 1. The summed E-state index contributed by atoms with van der Waals surface area (Å²) in [6.07, 6.45) is 3.97. The first-order chi connectivity index (χ1) is 16.4. The highest BCUT2D eigenvalue weighted by Gasteiger charge is 2.18. The number of rotatable bonds is 6. The minimum atomic E-state index is -0.306. The van der Waals surface area contributed by atoms with E-state index in [0.29, 0.717) is 45.2 Å². The Bertz CT molecular complexity index is 1390. The molecule has 0 spiro atoms. The van der Waals surface area contributed by atoms with E-state index < -0.39 is 0 Å². The number of nitrogens with zero attached hydrogens (tertiary/aromatic N) is 3. The van der Waals surface area contributed by atoms with E-state index in [4.69, 9.17) is 16.3 Å². The highest BCUT2D eigenvalue weighted by Crippen LogP contribution is 2.37. The van der Waals surface area contributed by atoms with Gasteiger partial charge in [-0.2, -0.15) is 0 Å². The lowest BCUT2D eigenvalue weighted by Gasteiger charge is -2.15. The van der Waals surface area contributed by atoms with Gasteiger partial charge in [-0.3, -0.25) is 19.6 Å². The monoisotopic (exact) mass is 472 g/mol. The molecule has 0 fully saturated rings. The van der Waals surface area contributed by atoms with Crippen molar-refractivity contribution in [2.24, 2.45) is 0 Å². The molecule has 0 aliphatic heterocycles. The Labute approximate surface area is 201 Å². The molecule has 4 aromatic rings. The van der Waals surface area contributed by atoms with Gasteiger partial charge in [0.15, 0.2) is 6.29 Å². The fourth-order valence-corrected chi connectivity index (χ4v) is 3.81. The molecule has 0 saturated carbocycles. The molecule has 0 bridgehead atoms. The van der Waals surface area contributed by atoms with Crippen molar-refractivity contribution in [1.29, 1.82) is 0 Å². The number of halogens is 1. The van der Waals surface area contributed by atoms with Gasteiger partial charge in [0.25, 0.3) is 5.91 Å². The third-order valence-electron chi connectivity index (χ3n) is 5.36. The van der Waals surface area contributed by atoms with Gasteiger partial charge in [-0.05, 0) is 55.3 Å². The van der Waals surface area contributed by atoms with Crippen LogP contribution in [0, 0.1) is 13.8 Å². The number of aromatic nitrogens is 3. The van der Waals surface area contributed by atoms with Gasteiger partial charge in [-0.15, -0.1) is 0 Å². The van der Waals surface area contributed by atoms with E-state index in [1.165, 1.54) is 7.11 Å². The average molecular weight is 473 g/mol. The SMILES string of the molecule is COc1nc(-c2ccnc(-c3cccc(NC(=O)c4ccc(C)cn4)c3C)c2Cl)ccc1C=O. The summed E-state index contributed by atoms with van der Waals surface area (Å²) in [4.78, 5) is 37.0. The highest BCUT2D eigenvalue weighted by molar-refractivity contribution is 6.35. The first kappa shape index (κ1) is 23.1. The Hall–Kier alpha value is -4.10. The van der Waals surface area contributed by atoms with Crippen LogP contribution < -0.4 is 10.1 Å². The lowest BCUT2D eigenvalue weighted by atomic mass is 10.0. The molecular weight excluding hydrogens is 452 g/mol. The molecule has 0 aliphatic carbocycles. The number of hydrogen-bond acceptors (Lipinski definition) is 6. The number of pyridine rings is 3. The first-order valence-electron chi connectivity index (χ1n) is 10.4. The van der Waals surface area contributed by atoms with Gasteiger partial charge in [-0.25, -0.2) is 4.98 Å². The third kappa shape index (κ3) is 4.51. The predicted molar refractivity (Wildman–Crippen MR) is 132 cm³/mol. The predicted octanol–water partition coefficient (Wildman–Crippen LogP) is 5.55. The number of carbonyl (C=O) groups excluding carboxylic acids is 2. The summed E-state index contributed by atoms with van der Waals surface area (Å²) in [5.74, 6) is -0.0906. The Balaban J connectivity index is 1.71. The van der Waals surface area contributed by atoms with Gasteiger partial charge in [0.05, 0.1) is 29.1 Å². The minimum absolute atomic E-state index is 0.215. The molecule has 1 amide bonds. The fourth-order valence-electron chi connectivity index (χ4n) is 3.50. The topological polar surface area (TPSA) is 94.1 Å². The van der Waals surface area contributed by atoms with E-state index >= 15 is 0 Å². The molecule has 34 heavy (non-hydrogen) atoms. The summed E-state index contributed by atoms with van der Waals surface area (Å²) in [5, 5.41) is 3.31. The maximum atomic E-state index is 12.7. The molecule has 0 unspecified atom stereocenters. The molecule has 3 heterocycles. The lowest BCUT2D eigenvalue weighted by Crippen LogP contribution is -2.14. The number of aldehydes is 1. The van der Waals surface area contributed by atoms with Crippen molar-refractivity contribution < 1.29 is 14.3 Å².